The third-order valence-corrected chi connectivity index (χ3v) is 9.72. The fourth-order valence-electron chi connectivity index (χ4n) is 7.31. The molecule has 2 aromatic heterocycles. The van der Waals surface area contributed by atoms with E-state index in [1.165, 1.54) is 24.7 Å². The molecule has 0 radical (unpaired) electrons. The average Bonchev–Trinajstić information content (AvgIpc) is 3.41. The second kappa shape index (κ2) is 13.3. The third-order valence-electron chi connectivity index (χ3n) is 9.72. The first-order chi connectivity index (χ1) is 21.0. The van der Waals surface area contributed by atoms with Crippen LogP contribution in [0.1, 0.15) is 83.5 Å². The molecule has 1 aliphatic heterocycles. The monoisotopic (exact) mass is 588 g/mol. The number of fused-ring (bicyclic) bond motifs is 1. The number of nitrogens with zero attached hydrogens (tertiary/aromatic N) is 5. The standard InChI is InChI=1S/C33H44N6O4/c1-38-28-11-10-26(18-25(28)20-35-38)39-16-12-24(13-17-39)19-33(14-6-3-7-15-33)32(41)37-29-21-34-22-30(36-29)42-23-31(40)43-27-8-4-2-5-9-27/h10-11,18,20-22,24,27H,2-9,12-17,19,23H2,1H3,(H,36,37,41). The summed E-state index contributed by atoms with van der Waals surface area (Å²) in [5.41, 5.74) is 1.98. The van der Waals surface area contributed by atoms with Crippen molar-refractivity contribution < 1.29 is 19.1 Å². The Labute approximate surface area is 253 Å². The minimum Gasteiger partial charge on any atom is -0.465 e. The topological polar surface area (TPSA) is 111 Å². The molecule has 10 heteroatoms. The van der Waals surface area contributed by atoms with Crippen molar-refractivity contribution in [3.05, 3.63) is 36.8 Å². The van der Waals surface area contributed by atoms with Crippen LogP contribution in [-0.4, -0.2) is 57.4 Å². The Morgan fingerprint density at radius 2 is 1.74 bits per heavy atom. The first-order valence-electron chi connectivity index (χ1n) is 16.1. The lowest BCUT2D eigenvalue weighted by molar-refractivity contribution is -0.153. The van der Waals surface area contributed by atoms with Crippen molar-refractivity contribution >= 4 is 34.3 Å². The van der Waals surface area contributed by atoms with Crippen molar-refractivity contribution in [2.75, 3.05) is 29.9 Å². The summed E-state index contributed by atoms with van der Waals surface area (Å²) in [6.07, 6.45) is 18.2. The van der Waals surface area contributed by atoms with Crippen LogP contribution < -0.4 is 15.0 Å². The van der Waals surface area contributed by atoms with E-state index in [2.05, 4.69) is 43.5 Å². The number of hydrogen-bond donors (Lipinski definition) is 1. The van der Waals surface area contributed by atoms with E-state index in [4.69, 9.17) is 9.47 Å². The summed E-state index contributed by atoms with van der Waals surface area (Å²) >= 11 is 0. The van der Waals surface area contributed by atoms with Gasteiger partial charge in [0.05, 0.1) is 24.1 Å². The first-order valence-corrected chi connectivity index (χ1v) is 16.1. The van der Waals surface area contributed by atoms with Gasteiger partial charge in [0.15, 0.2) is 12.4 Å². The zero-order chi connectivity index (χ0) is 29.6. The van der Waals surface area contributed by atoms with Crippen LogP contribution in [0.25, 0.3) is 10.9 Å². The zero-order valence-corrected chi connectivity index (χ0v) is 25.3. The molecule has 10 nitrogen and oxygen atoms in total. The summed E-state index contributed by atoms with van der Waals surface area (Å²) in [6, 6.07) is 6.58. The molecule has 2 aliphatic carbocycles. The lowest BCUT2D eigenvalue weighted by atomic mass is 9.67. The zero-order valence-electron chi connectivity index (χ0n) is 25.3. The predicted molar refractivity (Wildman–Crippen MR) is 165 cm³/mol. The highest BCUT2D eigenvalue weighted by molar-refractivity contribution is 5.94. The highest BCUT2D eigenvalue weighted by Crippen LogP contribution is 2.44. The fraction of sp³-hybridized carbons (Fsp3) is 0.606. The number of nitrogens with one attached hydrogen (secondary N) is 1. The maximum absolute atomic E-state index is 13.9. The Morgan fingerprint density at radius 1 is 0.977 bits per heavy atom. The van der Waals surface area contributed by atoms with Crippen LogP contribution in [0.5, 0.6) is 5.88 Å². The molecule has 6 rings (SSSR count). The van der Waals surface area contributed by atoms with E-state index in [0.29, 0.717) is 11.7 Å². The molecule has 3 aromatic rings. The molecular formula is C33H44N6O4. The summed E-state index contributed by atoms with van der Waals surface area (Å²) in [5.74, 6) is 0.688. The number of carbonyl (C=O) groups excluding carboxylic acids is 2. The van der Waals surface area contributed by atoms with Gasteiger partial charge in [0.2, 0.25) is 11.8 Å². The van der Waals surface area contributed by atoms with Crippen LogP contribution in [0.15, 0.2) is 36.8 Å². The summed E-state index contributed by atoms with van der Waals surface area (Å²) in [5, 5.41) is 8.61. The Bertz CT molecular complexity index is 1400. The lowest BCUT2D eigenvalue weighted by Gasteiger charge is -2.41. The Hall–Kier alpha value is -3.69. The van der Waals surface area contributed by atoms with E-state index in [1.54, 1.807) is 6.20 Å². The lowest BCUT2D eigenvalue weighted by Crippen LogP contribution is -2.42. The van der Waals surface area contributed by atoms with Gasteiger partial charge in [-0.25, -0.2) is 4.79 Å². The Morgan fingerprint density at radius 3 is 2.53 bits per heavy atom. The van der Waals surface area contributed by atoms with E-state index >= 15 is 0 Å². The number of piperidine rings is 1. The van der Waals surface area contributed by atoms with Crippen molar-refractivity contribution in [2.45, 2.75) is 89.6 Å². The number of rotatable bonds is 9. The quantitative estimate of drug-likeness (QED) is 0.312. The van der Waals surface area contributed by atoms with Gasteiger partial charge in [0.25, 0.3) is 0 Å². The molecule has 1 aromatic carbocycles. The van der Waals surface area contributed by atoms with Gasteiger partial charge in [-0.15, -0.1) is 0 Å². The van der Waals surface area contributed by atoms with Crippen molar-refractivity contribution in [1.82, 2.24) is 19.7 Å². The minimum atomic E-state index is -0.401. The fourth-order valence-corrected chi connectivity index (χ4v) is 7.31. The second-order valence-electron chi connectivity index (χ2n) is 12.7. The van der Waals surface area contributed by atoms with Gasteiger partial charge in [-0.3, -0.25) is 14.5 Å². The van der Waals surface area contributed by atoms with Crippen molar-refractivity contribution in [2.24, 2.45) is 18.4 Å². The van der Waals surface area contributed by atoms with Gasteiger partial charge >= 0.3 is 5.97 Å². The number of anilines is 2. The number of ether oxygens (including phenoxy) is 2. The number of aryl methyl sites for hydroxylation is 1. The molecule has 3 fully saturated rings. The molecule has 1 amide bonds. The van der Waals surface area contributed by atoms with Crippen LogP contribution in [0.4, 0.5) is 11.5 Å². The third kappa shape index (κ3) is 7.11. The largest absolute Gasteiger partial charge is 0.465 e. The van der Waals surface area contributed by atoms with E-state index < -0.39 is 11.4 Å². The summed E-state index contributed by atoms with van der Waals surface area (Å²) in [6.45, 7) is 1.76. The van der Waals surface area contributed by atoms with Gasteiger partial charge < -0.3 is 19.7 Å². The smallest absolute Gasteiger partial charge is 0.344 e. The molecule has 1 saturated heterocycles. The molecule has 0 bridgehead atoms. The maximum Gasteiger partial charge on any atom is 0.344 e. The Balaban J connectivity index is 1.04. The average molecular weight is 589 g/mol. The number of carbonyl (C=O) groups is 2. The summed E-state index contributed by atoms with van der Waals surface area (Å²) < 4.78 is 13.0. The number of esters is 1. The van der Waals surface area contributed by atoms with E-state index in [0.717, 1.165) is 94.6 Å². The molecule has 2 saturated carbocycles. The van der Waals surface area contributed by atoms with Gasteiger partial charge in [-0.1, -0.05) is 25.7 Å². The maximum atomic E-state index is 13.9. The normalized spacial score (nSPS) is 19.7. The molecular weight excluding hydrogens is 544 g/mol. The molecule has 0 spiro atoms. The number of aromatic nitrogens is 4. The number of amides is 1. The Kier molecular flexibility index (Phi) is 9.09. The summed E-state index contributed by atoms with van der Waals surface area (Å²) in [4.78, 5) is 37.2. The van der Waals surface area contributed by atoms with Crippen molar-refractivity contribution in [3.63, 3.8) is 0 Å². The molecule has 0 unspecified atom stereocenters. The minimum absolute atomic E-state index is 0.0169. The van der Waals surface area contributed by atoms with Crippen LogP contribution >= 0.6 is 0 Å². The number of benzene rings is 1. The number of hydrogen-bond acceptors (Lipinski definition) is 8. The van der Waals surface area contributed by atoms with Crippen LogP contribution in [0, 0.1) is 11.3 Å². The van der Waals surface area contributed by atoms with Crippen LogP contribution in [0.3, 0.4) is 0 Å². The molecule has 3 heterocycles. The van der Waals surface area contributed by atoms with Crippen LogP contribution in [-0.2, 0) is 21.4 Å². The van der Waals surface area contributed by atoms with Crippen LogP contribution in [0.2, 0.25) is 0 Å². The van der Waals surface area contributed by atoms with E-state index in [1.807, 2.05) is 17.9 Å². The van der Waals surface area contributed by atoms with Gasteiger partial charge in [-0.05, 0) is 81.9 Å². The highest BCUT2D eigenvalue weighted by atomic mass is 16.6. The van der Waals surface area contributed by atoms with Gasteiger partial charge in [0.1, 0.15) is 6.10 Å². The SMILES string of the molecule is Cn1ncc2cc(N3CCC(CC4(C(=O)Nc5cncc(OCC(=O)OC6CCCCC6)n5)CCCCC4)CC3)ccc21. The summed E-state index contributed by atoms with van der Waals surface area (Å²) in [7, 11) is 1.97. The van der Waals surface area contributed by atoms with E-state index in [-0.39, 0.29) is 24.5 Å². The second-order valence-corrected chi connectivity index (χ2v) is 12.7. The van der Waals surface area contributed by atoms with Crippen molar-refractivity contribution in [1.29, 1.82) is 0 Å². The van der Waals surface area contributed by atoms with Gasteiger partial charge in [0, 0.05) is 36.6 Å². The van der Waals surface area contributed by atoms with E-state index in [9.17, 15) is 9.59 Å². The molecule has 0 atom stereocenters. The molecule has 43 heavy (non-hydrogen) atoms. The van der Waals surface area contributed by atoms with Crippen molar-refractivity contribution in [3.8, 4) is 5.88 Å². The highest BCUT2D eigenvalue weighted by Gasteiger charge is 2.42. The first kappa shape index (κ1) is 29.4. The van der Waals surface area contributed by atoms with Gasteiger partial charge in [-0.2, -0.15) is 10.1 Å². The molecule has 1 N–H and O–H groups in total. The molecule has 230 valence electrons. The molecule has 3 aliphatic rings. The predicted octanol–water partition coefficient (Wildman–Crippen LogP) is 5.81.